The second kappa shape index (κ2) is 4.92. The van der Waals surface area contributed by atoms with Crippen molar-refractivity contribution in [2.75, 3.05) is 17.7 Å². The third-order valence-corrected chi connectivity index (χ3v) is 2.95. The van der Waals surface area contributed by atoms with Gasteiger partial charge in [0.25, 0.3) is 5.91 Å². The van der Waals surface area contributed by atoms with Crippen LogP contribution in [0.15, 0.2) is 23.6 Å². The van der Waals surface area contributed by atoms with E-state index in [0.29, 0.717) is 16.6 Å². The quantitative estimate of drug-likeness (QED) is 0.873. The maximum Gasteiger partial charge on any atom is 0.276 e. The van der Waals surface area contributed by atoms with E-state index in [1.165, 1.54) is 11.3 Å². The molecule has 2 heterocycles. The normalized spacial score (nSPS) is 10.0. The summed E-state index contributed by atoms with van der Waals surface area (Å²) in [5, 5.41) is 8.06. The van der Waals surface area contributed by atoms with Gasteiger partial charge in [-0.15, -0.1) is 11.3 Å². The molecule has 0 aliphatic rings. The molecule has 0 radical (unpaired) electrons. The van der Waals surface area contributed by atoms with Gasteiger partial charge in [0.15, 0.2) is 5.13 Å². The van der Waals surface area contributed by atoms with Gasteiger partial charge in [-0.05, 0) is 19.1 Å². The summed E-state index contributed by atoms with van der Waals surface area (Å²) in [6.07, 6.45) is 0. The smallest absolute Gasteiger partial charge is 0.276 e. The lowest BCUT2D eigenvalue weighted by molar-refractivity contribution is 0.102. The van der Waals surface area contributed by atoms with E-state index in [2.05, 4.69) is 20.6 Å². The number of thiazole rings is 1. The molecule has 0 atom stereocenters. The predicted molar refractivity (Wildman–Crippen MR) is 68.6 cm³/mol. The molecule has 2 aromatic rings. The van der Waals surface area contributed by atoms with Crippen LogP contribution >= 0.6 is 11.3 Å². The van der Waals surface area contributed by atoms with Crippen LogP contribution in [0.3, 0.4) is 0 Å². The van der Waals surface area contributed by atoms with Crippen LogP contribution in [-0.4, -0.2) is 22.9 Å². The Hall–Kier alpha value is -1.95. The van der Waals surface area contributed by atoms with E-state index < -0.39 is 0 Å². The number of amides is 1. The van der Waals surface area contributed by atoms with Gasteiger partial charge in [-0.2, -0.15) is 0 Å². The van der Waals surface area contributed by atoms with Gasteiger partial charge in [0.05, 0.1) is 5.69 Å². The second-order valence-corrected chi connectivity index (χ2v) is 4.26. The highest BCUT2D eigenvalue weighted by Crippen LogP contribution is 2.15. The predicted octanol–water partition coefficient (Wildman–Crippen LogP) is 2.14. The highest BCUT2D eigenvalue weighted by Gasteiger charge is 2.09. The van der Waals surface area contributed by atoms with Crippen LogP contribution < -0.4 is 10.6 Å². The molecule has 0 aliphatic carbocycles. The van der Waals surface area contributed by atoms with Crippen LogP contribution in [0.1, 0.15) is 16.2 Å². The molecule has 0 saturated heterocycles. The number of hydrogen-bond donors (Lipinski definition) is 2. The minimum absolute atomic E-state index is 0.253. The van der Waals surface area contributed by atoms with E-state index in [0.717, 1.165) is 5.69 Å². The summed E-state index contributed by atoms with van der Waals surface area (Å²) in [6, 6.07) is 5.24. The number of anilines is 2. The Balaban J connectivity index is 2.14. The molecule has 2 rings (SSSR count). The Kier molecular flexibility index (Phi) is 3.34. The number of pyridine rings is 1. The molecule has 0 unspecified atom stereocenters. The van der Waals surface area contributed by atoms with Crippen LogP contribution in [0, 0.1) is 6.92 Å². The van der Waals surface area contributed by atoms with E-state index in [-0.39, 0.29) is 5.91 Å². The van der Waals surface area contributed by atoms with Crippen LogP contribution in [0.5, 0.6) is 0 Å². The number of nitrogens with zero attached hydrogens (tertiary/aromatic N) is 2. The van der Waals surface area contributed by atoms with Gasteiger partial charge < -0.3 is 5.32 Å². The fourth-order valence-electron chi connectivity index (χ4n) is 1.27. The van der Waals surface area contributed by atoms with E-state index in [9.17, 15) is 4.79 Å². The summed E-state index contributed by atoms with van der Waals surface area (Å²) >= 11 is 1.40. The van der Waals surface area contributed by atoms with Crippen molar-refractivity contribution < 1.29 is 4.79 Å². The Labute approximate surface area is 103 Å². The highest BCUT2D eigenvalue weighted by atomic mass is 32.1. The summed E-state index contributed by atoms with van der Waals surface area (Å²) in [7, 11) is 1.76. The summed E-state index contributed by atoms with van der Waals surface area (Å²) in [5.74, 6) is 0.407. The van der Waals surface area contributed by atoms with E-state index in [4.69, 9.17) is 0 Å². The fourth-order valence-corrected chi connectivity index (χ4v) is 1.96. The Morgan fingerprint density at radius 3 is 2.82 bits per heavy atom. The number of nitrogens with one attached hydrogen (secondary N) is 2. The SMILES string of the molecule is CNc1cccc(C(=O)Nc2nc(C)cs2)n1. The van der Waals surface area contributed by atoms with Crippen LogP contribution in [-0.2, 0) is 0 Å². The van der Waals surface area contributed by atoms with Gasteiger partial charge in [0, 0.05) is 12.4 Å². The van der Waals surface area contributed by atoms with Crippen LogP contribution in [0.25, 0.3) is 0 Å². The van der Waals surface area contributed by atoms with Crippen molar-refractivity contribution in [1.29, 1.82) is 0 Å². The average molecular weight is 248 g/mol. The Morgan fingerprint density at radius 1 is 1.35 bits per heavy atom. The van der Waals surface area contributed by atoms with Crippen LogP contribution in [0.4, 0.5) is 10.9 Å². The van der Waals surface area contributed by atoms with Crippen molar-refractivity contribution in [3.05, 3.63) is 35.0 Å². The molecule has 1 amide bonds. The zero-order valence-electron chi connectivity index (χ0n) is 9.52. The zero-order valence-corrected chi connectivity index (χ0v) is 10.3. The van der Waals surface area contributed by atoms with Crippen molar-refractivity contribution >= 4 is 28.2 Å². The molecule has 0 spiro atoms. The Morgan fingerprint density at radius 2 is 2.18 bits per heavy atom. The minimum Gasteiger partial charge on any atom is -0.373 e. The number of aromatic nitrogens is 2. The van der Waals surface area contributed by atoms with E-state index in [1.54, 1.807) is 25.2 Å². The zero-order chi connectivity index (χ0) is 12.3. The molecule has 0 aliphatic heterocycles. The topological polar surface area (TPSA) is 66.9 Å². The van der Waals surface area contributed by atoms with Crippen molar-refractivity contribution in [2.45, 2.75) is 6.92 Å². The van der Waals surface area contributed by atoms with Gasteiger partial charge >= 0.3 is 0 Å². The maximum atomic E-state index is 11.9. The molecule has 5 nitrogen and oxygen atoms in total. The first kappa shape index (κ1) is 11.5. The molecule has 0 bridgehead atoms. The first-order valence-electron chi connectivity index (χ1n) is 5.07. The number of hydrogen-bond acceptors (Lipinski definition) is 5. The first-order valence-corrected chi connectivity index (χ1v) is 5.95. The Bertz CT molecular complexity index is 538. The van der Waals surface area contributed by atoms with Gasteiger partial charge in [-0.3, -0.25) is 10.1 Å². The third kappa shape index (κ3) is 2.79. The first-order chi connectivity index (χ1) is 8.19. The fraction of sp³-hybridized carbons (Fsp3) is 0.182. The molecule has 88 valence electrons. The van der Waals surface area contributed by atoms with Gasteiger partial charge in [0.1, 0.15) is 11.5 Å². The summed E-state index contributed by atoms with van der Waals surface area (Å²) in [4.78, 5) is 20.2. The molecule has 2 aromatic heterocycles. The largest absolute Gasteiger partial charge is 0.373 e. The van der Waals surface area contributed by atoms with E-state index in [1.807, 2.05) is 12.3 Å². The lowest BCUT2D eigenvalue weighted by Gasteiger charge is -2.03. The molecule has 17 heavy (non-hydrogen) atoms. The number of aryl methyl sites for hydroxylation is 1. The third-order valence-electron chi connectivity index (χ3n) is 2.08. The average Bonchev–Trinajstić information content (AvgIpc) is 2.75. The van der Waals surface area contributed by atoms with Gasteiger partial charge in [-0.25, -0.2) is 9.97 Å². The number of carbonyl (C=O) groups is 1. The highest BCUT2D eigenvalue weighted by molar-refractivity contribution is 7.13. The minimum atomic E-state index is -0.253. The van der Waals surface area contributed by atoms with E-state index >= 15 is 0 Å². The molecule has 0 fully saturated rings. The summed E-state index contributed by atoms with van der Waals surface area (Å²) < 4.78 is 0. The monoisotopic (exact) mass is 248 g/mol. The molecular weight excluding hydrogens is 236 g/mol. The van der Waals surface area contributed by atoms with Gasteiger partial charge in [-0.1, -0.05) is 6.07 Å². The van der Waals surface area contributed by atoms with Crippen LogP contribution in [0.2, 0.25) is 0 Å². The van der Waals surface area contributed by atoms with Crippen molar-refractivity contribution in [2.24, 2.45) is 0 Å². The molecule has 0 saturated carbocycles. The van der Waals surface area contributed by atoms with Crippen molar-refractivity contribution in [3.8, 4) is 0 Å². The lowest BCUT2D eigenvalue weighted by atomic mass is 10.3. The number of rotatable bonds is 3. The summed E-state index contributed by atoms with van der Waals surface area (Å²) in [5.41, 5.74) is 1.26. The molecule has 2 N–H and O–H groups in total. The molecule has 0 aromatic carbocycles. The standard InChI is InChI=1S/C11H12N4OS/c1-7-6-17-11(13-7)15-10(16)8-4-3-5-9(12-2)14-8/h3-6H,1-2H3,(H,12,14)(H,13,15,16). The maximum absolute atomic E-state index is 11.9. The number of carbonyl (C=O) groups excluding carboxylic acids is 1. The van der Waals surface area contributed by atoms with Crippen molar-refractivity contribution in [3.63, 3.8) is 0 Å². The van der Waals surface area contributed by atoms with Crippen molar-refractivity contribution in [1.82, 2.24) is 9.97 Å². The molecule has 6 heteroatoms. The molecular formula is C11H12N4OS. The summed E-state index contributed by atoms with van der Waals surface area (Å²) in [6.45, 7) is 1.88. The second-order valence-electron chi connectivity index (χ2n) is 3.41. The van der Waals surface area contributed by atoms with Gasteiger partial charge in [0.2, 0.25) is 0 Å². The lowest BCUT2D eigenvalue weighted by Crippen LogP contribution is -2.14.